The van der Waals surface area contributed by atoms with E-state index in [0.29, 0.717) is 5.71 Å². The number of oxime groups is 1. The van der Waals surface area contributed by atoms with Crippen LogP contribution in [0.3, 0.4) is 0 Å². The zero-order chi connectivity index (χ0) is 13.1. The number of rotatable bonds is 3. The summed E-state index contributed by atoms with van der Waals surface area (Å²) in [5.74, 6) is 1.76. The lowest BCUT2D eigenvalue weighted by Crippen LogP contribution is -2.41. The van der Waals surface area contributed by atoms with Gasteiger partial charge in [0.2, 0.25) is 0 Å². The van der Waals surface area contributed by atoms with E-state index < -0.39 is 0 Å². The molecule has 0 radical (unpaired) electrons. The first kappa shape index (κ1) is 11.9. The molecule has 0 aromatic carbocycles. The maximum Gasteiger partial charge on any atom is 0.187 e. The van der Waals surface area contributed by atoms with Gasteiger partial charge in [-0.25, -0.2) is 0 Å². The molecule has 0 heterocycles. The van der Waals surface area contributed by atoms with Crippen LogP contribution in [-0.2, 0) is 4.79 Å². The highest BCUT2D eigenvalue weighted by Gasteiger charge is 2.57. The van der Waals surface area contributed by atoms with Crippen LogP contribution in [0.2, 0.25) is 0 Å². The minimum Gasteiger partial charge on any atom is -0.411 e. The van der Waals surface area contributed by atoms with E-state index in [4.69, 9.17) is 0 Å². The summed E-state index contributed by atoms with van der Waals surface area (Å²) in [6, 6.07) is 0. The molecular weight excluding hydrogens is 238 g/mol. The van der Waals surface area contributed by atoms with E-state index in [2.05, 4.69) is 5.16 Å². The van der Waals surface area contributed by atoms with E-state index in [1.807, 2.05) is 0 Å². The van der Waals surface area contributed by atoms with Gasteiger partial charge < -0.3 is 5.21 Å². The van der Waals surface area contributed by atoms with Crippen molar-refractivity contribution in [3.8, 4) is 0 Å². The van der Waals surface area contributed by atoms with E-state index in [1.54, 1.807) is 0 Å². The molecule has 0 spiro atoms. The topological polar surface area (TPSA) is 49.7 Å². The van der Waals surface area contributed by atoms with Gasteiger partial charge in [0.15, 0.2) is 5.78 Å². The van der Waals surface area contributed by atoms with Gasteiger partial charge in [0.25, 0.3) is 0 Å². The molecule has 4 bridgehead atoms. The van der Waals surface area contributed by atoms with Gasteiger partial charge in [-0.3, -0.25) is 4.79 Å². The molecule has 4 rings (SSSR count). The number of nitrogens with zero attached hydrogens (tertiary/aromatic N) is 1. The van der Waals surface area contributed by atoms with Gasteiger partial charge in [-0.2, -0.15) is 0 Å². The average molecular weight is 261 g/mol. The lowest BCUT2D eigenvalue weighted by molar-refractivity contribution is -0.122. The number of ketones is 1. The molecule has 0 atom stereocenters. The van der Waals surface area contributed by atoms with Crippen LogP contribution < -0.4 is 0 Å². The Kier molecular flexibility index (Phi) is 2.40. The molecule has 0 saturated heterocycles. The molecule has 1 N–H and O–H groups in total. The molecule has 4 aliphatic carbocycles. The lowest BCUT2D eigenvalue weighted by Gasteiger charge is -2.32. The summed E-state index contributed by atoms with van der Waals surface area (Å²) in [6.07, 6.45) is 11.2. The SMILES string of the molecule is O=C(C(=NO)C12CCC(CC1)C2)C12CCC(CC1)C2. The molecule has 0 aromatic rings. The largest absolute Gasteiger partial charge is 0.411 e. The second-order valence-electron chi connectivity index (χ2n) is 7.63. The van der Waals surface area contributed by atoms with Crippen molar-refractivity contribution >= 4 is 11.5 Å². The molecule has 3 heteroatoms. The van der Waals surface area contributed by atoms with Crippen LogP contribution in [-0.4, -0.2) is 16.7 Å². The number of fused-ring (bicyclic) bond motifs is 4. The minimum atomic E-state index is -0.137. The summed E-state index contributed by atoms with van der Waals surface area (Å²) in [5.41, 5.74) is 0.378. The van der Waals surface area contributed by atoms with Crippen molar-refractivity contribution in [2.45, 2.75) is 64.2 Å². The van der Waals surface area contributed by atoms with Gasteiger partial charge in [0.05, 0.1) is 0 Å². The van der Waals surface area contributed by atoms with Crippen LogP contribution in [0.4, 0.5) is 0 Å². The van der Waals surface area contributed by atoms with Crippen molar-refractivity contribution in [1.29, 1.82) is 0 Å². The number of Topliss-reactive ketones (excluding diaryl/α,β-unsaturated/α-hetero) is 1. The maximum absolute atomic E-state index is 13.0. The smallest absolute Gasteiger partial charge is 0.187 e. The first-order valence-corrected chi connectivity index (χ1v) is 7.95. The fraction of sp³-hybridized carbons (Fsp3) is 0.875. The first-order valence-electron chi connectivity index (χ1n) is 7.95. The van der Waals surface area contributed by atoms with Crippen LogP contribution in [0.25, 0.3) is 0 Å². The van der Waals surface area contributed by atoms with E-state index in [9.17, 15) is 10.0 Å². The quantitative estimate of drug-likeness (QED) is 0.480. The predicted molar refractivity (Wildman–Crippen MR) is 72.2 cm³/mol. The summed E-state index contributed by atoms with van der Waals surface area (Å²) >= 11 is 0. The van der Waals surface area contributed by atoms with Crippen LogP contribution in [0.5, 0.6) is 0 Å². The monoisotopic (exact) mass is 261 g/mol. The number of carbonyl (C=O) groups excluding carboxylic acids is 1. The zero-order valence-corrected chi connectivity index (χ0v) is 11.5. The van der Waals surface area contributed by atoms with E-state index >= 15 is 0 Å². The highest BCUT2D eigenvalue weighted by molar-refractivity contribution is 6.43. The Balaban J connectivity index is 1.65. The van der Waals surface area contributed by atoms with Gasteiger partial charge in [0, 0.05) is 10.8 Å². The van der Waals surface area contributed by atoms with Crippen molar-refractivity contribution in [2.24, 2.45) is 27.8 Å². The fourth-order valence-electron chi connectivity index (χ4n) is 5.68. The molecule has 0 unspecified atom stereocenters. The second kappa shape index (κ2) is 3.83. The molecule has 3 nitrogen and oxygen atoms in total. The number of hydrogen-bond acceptors (Lipinski definition) is 3. The van der Waals surface area contributed by atoms with Crippen molar-refractivity contribution in [3.63, 3.8) is 0 Å². The minimum absolute atomic E-state index is 0.0497. The zero-order valence-electron chi connectivity index (χ0n) is 11.5. The second-order valence-corrected chi connectivity index (χ2v) is 7.63. The van der Waals surface area contributed by atoms with Crippen molar-refractivity contribution in [3.05, 3.63) is 0 Å². The summed E-state index contributed by atoms with van der Waals surface area (Å²) in [6.45, 7) is 0. The normalized spacial score (nSPS) is 48.1. The van der Waals surface area contributed by atoms with Gasteiger partial charge in [-0.1, -0.05) is 5.16 Å². The van der Waals surface area contributed by atoms with Gasteiger partial charge in [-0.05, 0) is 76.0 Å². The van der Waals surface area contributed by atoms with Gasteiger partial charge in [0.1, 0.15) is 5.71 Å². The third kappa shape index (κ3) is 1.50. The molecule has 19 heavy (non-hydrogen) atoms. The Morgan fingerprint density at radius 1 is 0.895 bits per heavy atom. The molecule has 104 valence electrons. The maximum atomic E-state index is 13.0. The van der Waals surface area contributed by atoms with Crippen LogP contribution in [0.15, 0.2) is 5.16 Å². The molecular formula is C16H23NO2. The van der Waals surface area contributed by atoms with E-state index in [1.165, 1.54) is 25.7 Å². The number of carbonyl (C=O) groups is 1. The molecule has 4 aliphatic rings. The van der Waals surface area contributed by atoms with Crippen molar-refractivity contribution in [2.75, 3.05) is 0 Å². The number of hydrogen-bond donors (Lipinski definition) is 1. The highest BCUT2D eigenvalue weighted by atomic mass is 16.4. The average Bonchev–Trinajstić information content (AvgIpc) is 3.19. The van der Waals surface area contributed by atoms with E-state index in [0.717, 1.165) is 50.4 Å². The third-order valence-corrected chi connectivity index (χ3v) is 6.78. The van der Waals surface area contributed by atoms with Crippen LogP contribution >= 0.6 is 0 Å². The summed E-state index contributed by atoms with van der Waals surface area (Å²) in [7, 11) is 0. The van der Waals surface area contributed by atoms with Crippen LogP contribution in [0, 0.1) is 22.7 Å². The first-order chi connectivity index (χ1) is 9.17. The van der Waals surface area contributed by atoms with Gasteiger partial charge in [-0.15, -0.1) is 0 Å². The van der Waals surface area contributed by atoms with Gasteiger partial charge >= 0.3 is 0 Å². The predicted octanol–water partition coefficient (Wildman–Crippen LogP) is 3.55. The Morgan fingerprint density at radius 2 is 1.37 bits per heavy atom. The van der Waals surface area contributed by atoms with Crippen molar-refractivity contribution in [1.82, 2.24) is 0 Å². The van der Waals surface area contributed by atoms with Crippen LogP contribution in [0.1, 0.15) is 64.2 Å². The molecule has 4 saturated carbocycles. The summed E-state index contributed by atoms with van der Waals surface area (Å²) in [4.78, 5) is 13.0. The Morgan fingerprint density at radius 3 is 1.74 bits per heavy atom. The Bertz CT molecular complexity index is 438. The summed E-state index contributed by atoms with van der Waals surface area (Å²) in [5, 5.41) is 13.1. The third-order valence-electron chi connectivity index (χ3n) is 6.78. The fourth-order valence-corrected chi connectivity index (χ4v) is 5.68. The summed E-state index contributed by atoms with van der Waals surface area (Å²) < 4.78 is 0. The highest BCUT2D eigenvalue weighted by Crippen LogP contribution is 2.59. The molecule has 4 fully saturated rings. The molecule has 0 amide bonds. The molecule has 0 aromatic heterocycles. The molecule has 0 aliphatic heterocycles. The van der Waals surface area contributed by atoms with Crippen molar-refractivity contribution < 1.29 is 10.0 Å². The van der Waals surface area contributed by atoms with E-state index in [-0.39, 0.29) is 16.6 Å². The Hall–Kier alpha value is -0.860. The standard InChI is InChI=1S/C16H23NO2/c18-14(16-7-3-12(10-16)4-8-16)13(17-19)15-5-1-11(9-15)2-6-15/h11-12,19H,1-10H2. The lowest BCUT2D eigenvalue weighted by atomic mass is 9.70. The Labute approximate surface area is 114 Å².